The minimum absolute atomic E-state index is 0.251. The van der Waals surface area contributed by atoms with Gasteiger partial charge in [0.2, 0.25) is 0 Å². The van der Waals surface area contributed by atoms with Gasteiger partial charge in [0.15, 0.2) is 0 Å². The van der Waals surface area contributed by atoms with E-state index >= 15 is 0 Å². The summed E-state index contributed by atoms with van der Waals surface area (Å²) in [5.41, 5.74) is 0. The molecule has 1 fully saturated rings. The zero-order valence-electron chi connectivity index (χ0n) is 9.64. The molecule has 1 aliphatic rings. The van der Waals surface area contributed by atoms with E-state index in [9.17, 15) is 9.59 Å². The lowest BCUT2D eigenvalue weighted by molar-refractivity contribution is -0.147. The Morgan fingerprint density at radius 1 is 1.50 bits per heavy atom. The molecule has 0 spiro atoms. The van der Waals surface area contributed by atoms with Crippen LogP contribution in [-0.2, 0) is 14.3 Å². The van der Waals surface area contributed by atoms with Crippen LogP contribution in [0.4, 0.5) is 4.79 Å². The highest BCUT2D eigenvalue weighted by Gasteiger charge is 2.35. The van der Waals surface area contributed by atoms with Crippen LogP contribution in [0.1, 0.15) is 19.8 Å². The fourth-order valence-electron chi connectivity index (χ4n) is 1.67. The number of methoxy groups -OCH3 is 1. The lowest BCUT2D eigenvalue weighted by Gasteiger charge is -2.21. The predicted octanol–water partition coefficient (Wildman–Crippen LogP) is 1.34. The van der Waals surface area contributed by atoms with Gasteiger partial charge in [-0.25, -0.2) is 9.59 Å². The van der Waals surface area contributed by atoms with Crippen LogP contribution >= 0.6 is 0 Å². The maximum Gasteiger partial charge on any atom is 0.410 e. The molecule has 0 N–H and O–H groups in total. The summed E-state index contributed by atoms with van der Waals surface area (Å²) in [6.07, 6.45) is 4.53. The molecule has 1 heterocycles. The number of amides is 1. The lowest BCUT2D eigenvalue weighted by atomic mass is 10.2. The average molecular weight is 227 g/mol. The van der Waals surface area contributed by atoms with Gasteiger partial charge in [0, 0.05) is 6.54 Å². The van der Waals surface area contributed by atoms with Crippen molar-refractivity contribution in [3.63, 3.8) is 0 Å². The molecular weight excluding hydrogens is 210 g/mol. The Kier molecular flexibility index (Phi) is 4.82. The smallest absolute Gasteiger partial charge is 0.410 e. The Balaban J connectivity index is 2.50. The minimum Gasteiger partial charge on any atom is -0.460 e. The zero-order valence-corrected chi connectivity index (χ0v) is 9.64. The van der Waals surface area contributed by atoms with Crippen molar-refractivity contribution in [3.05, 3.63) is 12.2 Å². The van der Waals surface area contributed by atoms with Crippen molar-refractivity contribution in [2.24, 2.45) is 0 Å². The number of likely N-dealkylation sites (tertiary alicyclic amines) is 1. The van der Waals surface area contributed by atoms with Crippen molar-refractivity contribution in [1.82, 2.24) is 4.90 Å². The molecule has 1 rings (SSSR count). The number of hydrogen-bond acceptors (Lipinski definition) is 4. The van der Waals surface area contributed by atoms with E-state index in [0.29, 0.717) is 13.0 Å². The van der Waals surface area contributed by atoms with Gasteiger partial charge in [-0.1, -0.05) is 12.2 Å². The number of allylic oxidation sites excluding steroid dienone is 1. The first-order chi connectivity index (χ1) is 7.70. The third-order valence-corrected chi connectivity index (χ3v) is 2.49. The second-order valence-electron chi connectivity index (χ2n) is 3.52. The van der Waals surface area contributed by atoms with E-state index in [2.05, 4.69) is 4.74 Å². The van der Waals surface area contributed by atoms with Crippen LogP contribution in [0.3, 0.4) is 0 Å². The highest BCUT2D eigenvalue weighted by atomic mass is 16.6. The van der Waals surface area contributed by atoms with E-state index in [4.69, 9.17) is 4.74 Å². The summed E-state index contributed by atoms with van der Waals surface area (Å²) < 4.78 is 9.62. The molecule has 1 atom stereocenters. The third-order valence-electron chi connectivity index (χ3n) is 2.49. The minimum atomic E-state index is -0.488. The van der Waals surface area contributed by atoms with E-state index in [1.165, 1.54) is 12.0 Å². The van der Waals surface area contributed by atoms with Crippen LogP contribution in [0.5, 0.6) is 0 Å². The van der Waals surface area contributed by atoms with Crippen LogP contribution in [0.25, 0.3) is 0 Å². The molecule has 5 nitrogen and oxygen atoms in total. The normalized spacial score (nSPS) is 20.1. The van der Waals surface area contributed by atoms with E-state index in [0.717, 1.165) is 6.42 Å². The monoisotopic (exact) mass is 227 g/mol. The van der Waals surface area contributed by atoms with Crippen molar-refractivity contribution in [2.45, 2.75) is 25.8 Å². The number of esters is 1. The first kappa shape index (κ1) is 12.5. The molecule has 90 valence electrons. The molecule has 0 saturated carbocycles. The first-order valence-electron chi connectivity index (χ1n) is 5.33. The molecule has 5 heteroatoms. The molecule has 1 aliphatic heterocycles. The van der Waals surface area contributed by atoms with Gasteiger partial charge >= 0.3 is 12.1 Å². The molecule has 0 bridgehead atoms. The summed E-state index contributed by atoms with van der Waals surface area (Å²) in [5.74, 6) is -0.360. The molecular formula is C11H17NO4. The summed E-state index contributed by atoms with van der Waals surface area (Å²) in [6, 6.07) is -0.488. The molecule has 0 radical (unpaired) electrons. The highest BCUT2D eigenvalue weighted by molar-refractivity contribution is 5.82. The van der Waals surface area contributed by atoms with Gasteiger partial charge < -0.3 is 9.47 Å². The molecule has 0 aliphatic carbocycles. The van der Waals surface area contributed by atoms with Crippen LogP contribution in [-0.4, -0.2) is 43.3 Å². The number of rotatable bonds is 3. The Labute approximate surface area is 95.0 Å². The van der Waals surface area contributed by atoms with E-state index in [-0.39, 0.29) is 12.6 Å². The van der Waals surface area contributed by atoms with Crippen LogP contribution < -0.4 is 0 Å². The Morgan fingerprint density at radius 2 is 2.25 bits per heavy atom. The summed E-state index contributed by atoms with van der Waals surface area (Å²) in [5, 5.41) is 0. The van der Waals surface area contributed by atoms with Crippen molar-refractivity contribution in [2.75, 3.05) is 20.3 Å². The van der Waals surface area contributed by atoms with Crippen molar-refractivity contribution in [1.29, 1.82) is 0 Å². The number of hydrogen-bond donors (Lipinski definition) is 0. The lowest BCUT2D eigenvalue weighted by Crippen LogP contribution is -2.41. The Morgan fingerprint density at radius 3 is 2.88 bits per heavy atom. The maximum atomic E-state index is 11.6. The fourth-order valence-corrected chi connectivity index (χ4v) is 1.67. The maximum absolute atomic E-state index is 11.6. The van der Waals surface area contributed by atoms with Gasteiger partial charge in [-0.15, -0.1) is 0 Å². The zero-order chi connectivity index (χ0) is 12.0. The second-order valence-corrected chi connectivity index (χ2v) is 3.52. The van der Waals surface area contributed by atoms with Crippen molar-refractivity contribution in [3.8, 4) is 0 Å². The highest BCUT2D eigenvalue weighted by Crippen LogP contribution is 2.19. The molecule has 0 aromatic carbocycles. The number of ether oxygens (including phenoxy) is 2. The SMILES string of the molecule is C/C=C/COC(=O)[C@@H]1CCCN1C(=O)OC. The molecule has 16 heavy (non-hydrogen) atoms. The van der Waals surface area contributed by atoms with Gasteiger partial charge in [0.1, 0.15) is 12.6 Å². The quantitative estimate of drug-likeness (QED) is 0.539. The fraction of sp³-hybridized carbons (Fsp3) is 0.636. The van der Waals surface area contributed by atoms with Gasteiger partial charge in [-0.3, -0.25) is 4.90 Å². The number of nitrogens with zero attached hydrogens (tertiary/aromatic N) is 1. The predicted molar refractivity (Wildman–Crippen MR) is 57.9 cm³/mol. The second kappa shape index (κ2) is 6.15. The van der Waals surface area contributed by atoms with Gasteiger partial charge in [0.05, 0.1) is 7.11 Å². The first-order valence-corrected chi connectivity index (χ1v) is 5.33. The van der Waals surface area contributed by atoms with Gasteiger partial charge in [-0.2, -0.15) is 0 Å². The number of carbonyl (C=O) groups excluding carboxylic acids is 2. The number of carbonyl (C=O) groups is 2. The van der Waals surface area contributed by atoms with E-state index in [1.807, 2.05) is 6.92 Å². The Bertz CT molecular complexity index is 288. The molecule has 0 unspecified atom stereocenters. The van der Waals surface area contributed by atoms with E-state index < -0.39 is 12.1 Å². The average Bonchev–Trinajstić information content (AvgIpc) is 2.77. The van der Waals surface area contributed by atoms with Gasteiger partial charge in [0.25, 0.3) is 0 Å². The largest absolute Gasteiger partial charge is 0.460 e. The van der Waals surface area contributed by atoms with Crippen LogP contribution in [0, 0.1) is 0 Å². The standard InChI is InChI=1S/C11H17NO4/c1-3-4-8-16-10(13)9-6-5-7-12(9)11(14)15-2/h3-4,9H,5-8H2,1-2H3/b4-3+/t9-/m0/s1. The van der Waals surface area contributed by atoms with Crippen molar-refractivity contribution < 1.29 is 19.1 Å². The molecule has 1 amide bonds. The van der Waals surface area contributed by atoms with Crippen LogP contribution in [0.15, 0.2) is 12.2 Å². The van der Waals surface area contributed by atoms with Crippen molar-refractivity contribution >= 4 is 12.1 Å². The third kappa shape index (κ3) is 2.98. The summed E-state index contributed by atoms with van der Waals surface area (Å²) >= 11 is 0. The summed E-state index contributed by atoms with van der Waals surface area (Å²) in [6.45, 7) is 2.65. The molecule has 1 saturated heterocycles. The van der Waals surface area contributed by atoms with E-state index in [1.54, 1.807) is 12.2 Å². The summed E-state index contributed by atoms with van der Waals surface area (Å²) in [7, 11) is 1.31. The molecule has 0 aromatic heterocycles. The van der Waals surface area contributed by atoms with Gasteiger partial charge in [-0.05, 0) is 19.8 Å². The molecule has 0 aromatic rings. The topological polar surface area (TPSA) is 55.8 Å². The van der Waals surface area contributed by atoms with Crippen LogP contribution in [0.2, 0.25) is 0 Å². The summed E-state index contributed by atoms with van der Waals surface area (Å²) in [4.78, 5) is 24.4. The Hall–Kier alpha value is -1.52.